The fourth-order valence-electron chi connectivity index (χ4n) is 1.22. The van der Waals surface area contributed by atoms with Crippen molar-refractivity contribution in [3.63, 3.8) is 0 Å². The topological polar surface area (TPSA) is 62.2 Å². The van der Waals surface area contributed by atoms with E-state index in [4.69, 9.17) is 5.11 Å². The van der Waals surface area contributed by atoms with Gasteiger partial charge in [0.25, 0.3) is 0 Å². The molecule has 0 saturated carbocycles. The molecule has 2 N–H and O–H groups in total. The summed E-state index contributed by atoms with van der Waals surface area (Å²) in [5.41, 5.74) is 0.959. The highest BCUT2D eigenvalue weighted by Crippen LogP contribution is 2.19. The van der Waals surface area contributed by atoms with Gasteiger partial charge in [-0.15, -0.1) is 11.3 Å². The lowest BCUT2D eigenvalue weighted by Crippen LogP contribution is -2.28. The van der Waals surface area contributed by atoms with Crippen molar-refractivity contribution < 1.29 is 9.90 Å². The van der Waals surface area contributed by atoms with Gasteiger partial charge in [0.2, 0.25) is 0 Å². The Balaban J connectivity index is 2.62. The van der Waals surface area contributed by atoms with Crippen LogP contribution in [0.25, 0.3) is 0 Å². The lowest BCUT2D eigenvalue weighted by atomic mass is 10.0. The van der Waals surface area contributed by atoms with Gasteiger partial charge in [0.05, 0.1) is 12.1 Å². The molecular formula is C10H16N2O2S. The monoisotopic (exact) mass is 228 g/mol. The van der Waals surface area contributed by atoms with Crippen LogP contribution in [0, 0.1) is 12.8 Å². The largest absolute Gasteiger partial charge is 0.481 e. The molecule has 0 aromatic carbocycles. The molecule has 0 amide bonds. The smallest absolute Gasteiger partial charge is 0.305 e. The highest BCUT2D eigenvalue weighted by molar-refractivity contribution is 7.13. The van der Waals surface area contributed by atoms with Gasteiger partial charge >= 0.3 is 5.97 Å². The zero-order chi connectivity index (χ0) is 11.4. The van der Waals surface area contributed by atoms with Gasteiger partial charge in [-0.1, -0.05) is 13.8 Å². The number of carboxylic acids is 1. The van der Waals surface area contributed by atoms with Crippen LogP contribution in [0.3, 0.4) is 0 Å². The number of nitrogens with one attached hydrogen (secondary N) is 1. The maximum Gasteiger partial charge on any atom is 0.305 e. The van der Waals surface area contributed by atoms with Crippen LogP contribution in [0.2, 0.25) is 0 Å². The summed E-state index contributed by atoms with van der Waals surface area (Å²) in [6, 6.07) is -0.0620. The molecular weight excluding hydrogens is 212 g/mol. The molecule has 0 saturated heterocycles. The van der Waals surface area contributed by atoms with Crippen LogP contribution in [0.4, 0.5) is 5.13 Å². The lowest BCUT2D eigenvalue weighted by molar-refractivity contribution is -0.137. The number of hydrogen-bond acceptors (Lipinski definition) is 4. The Morgan fingerprint density at radius 1 is 1.67 bits per heavy atom. The number of rotatable bonds is 5. The zero-order valence-corrected chi connectivity index (χ0v) is 9.97. The van der Waals surface area contributed by atoms with Crippen molar-refractivity contribution in [3.8, 4) is 0 Å². The fraction of sp³-hybridized carbons (Fsp3) is 0.600. The maximum atomic E-state index is 10.7. The van der Waals surface area contributed by atoms with Crippen LogP contribution in [0.5, 0.6) is 0 Å². The number of aliphatic carboxylic acids is 1. The van der Waals surface area contributed by atoms with Crippen LogP contribution in [-0.4, -0.2) is 22.1 Å². The molecule has 0 aliphatic rings. The molecule has 1 heterocycles. The molecule has 1 aromatic heterocycles. The SMILES string of the molecule is Cc1csc(NC(CC(=O)O)C(C)C)n1. The van der Waals surface area contributed by atoms with Gasteiger partial charge in [-0.3, -0.25) is 4.79 Å². The van der Waals surface area contributed by atoms with Crippen molar-refractivity contribution in [2.75, 3.05) is 5.32 Å². The van der Waals surface area contributed by atoms with Crippen LogP contribution in [0.15, 0.2) is 5.38 Å². The summed E-state index contributed by atoms with van der Waals surface area (Å²) in [5, 5.41) is 14.7. The van der Waals surface area contributed by atoms with Gasteiger partial charge in [0, 0.05) is 11.4 Å². The predicted molar refractivity (Wildman–Crippen MR) is 61.4 cm³/mol. The Kier molecular flexibility index (Phi) is 4.08. The molecule has 0 radical (unpaired) electrons. The van der Waals surface area contributed by atoms with Gasteiger partial charge in [-0.05, 0) is 12.8 Å². The normalized spacial score (nSPS) is 12.8. The van der Waals surface area contributed by atoms with E-state index >= 15 is 0 Å². The molecule has 1 rings (SSSR count). The number of aromatic nitrogens is 1. The van der Waals surface area contributed by atoms with E-state index < -0.39 is 5.97 Å². The van der Waals surface area contributed by atoms with Gasteiger partial charge in [-0.2, -0.15) is 0 Å². The molecule has 0 spiro atoms. The molecule has 0 aliphatic heterocycles. The Labute approximate surface area is 93.4 Å². The summed E-state index contributed by atoms with van der Waals surface area (Å²) in [6.07, 6.45) is 0.121. The summed E-state index contributed by atoms with van der Waals surface area (Å²) in [6.45, 7) is 5.92. The molecule has 1 aromatic rings. The van der Waals surface area contributed by atoms with E-state index in [-0.39, 0.29) is 18.4 Å². The molecule has 0 aliphatic carbocycles. The first kappa shape index (κ1) is 12.0. The second kappa shape index (κ2) is 5.11. The minimum absolute atomic E-state index is 0.0620. The molecule has 15 heavy (non-hydrogen) atoms. The standard InChI is InChI=1S/C10H16N2O2S/c1-6(2)8(4-9(13)14)12-10-11-7(3)5-15-10/h5-6,8H,4H2,1-3H3,(H,11,12)(H,13,14). The van der Waals surface area contributed by atoms with Crippen molar-refractivity contribution in [1.82, 2.24) is 4.98 Å². The average Bonchev–Trinajstić information content (AvgIpc) is 2.49. The second-order valence-corrected chi connectivity index (χ2v) is 4.74. The third kappa shape index (κ3) is 3.87. The average molecular weight is 228 g/mol. The van der Waals surface area contributed by atoms with E-state index in [0.29, 0.717) is 0 Å². The molecule has 1 atom stereocenters. The number of carboxylic acid groups (broad SMARTS) is 1. The fourth-order valence-corrected chi connectivity index (χ4v) is 1.97. The number of carbonyl (C=O) groups is 1. The number of hydrogen-bond donors (Lipinski definition) is 2. The second-order valence-electron chi connectivity index (χ2n) is 3.89. The van der Waals surface area contributed by atoms with Crippen LogP contribution in [0.1, 0.15) is 26.0 Å². The van der Waals surface area contributed by atoms with Crippen LogP contribution in [-0.2, 0) is 4.79 Å². The first-order valence-corrected chi connectivity index (χ1v) is 5.77. The summed E-state index contributed by atoms with van der Waals surface area (Å²) in [7, 11) is 0. The zero-order valence-electron chi connectivity index (χ0n) is 9.15. The quantitative estimate of drug-likeness (QED) is 0.812. The Morgan fingerprint density at radius 3 is 2.73 bits per heavy atom. The van der Waals surface area contributed by atoms with Crippen molar-refractivity contribution in [1.29, 1.82) is 0 Å². The van der Waals surface area contributed by atoms with Crippen molar-refractivity contribution in [3.05, 3.63) is 11.1 Å². The van der Waals surface area contributed by atoms with E-state index in [2.05, 4.69) is 10.3 Å². The minimum Gasteiger partial charge on any atom is -0.481 e. The van der Waals surface area contributed by atoms with Crippen LogP contribution >= 0.6 is 11.3 Å². The third-order valence-corrected chi connectivity index (χ3v) is 3.02. The third-order valence-electron chi connectivity index (χ3n) is 2.13. The van der Waals surface area contributed by atoms with E-state index in [1.54, 1.807) is 0 Å². The molecule has 84 valence electrons. The maximum absolute atomic E-state index is 10.7. The highest BCUT2D eigenvalue weighted by Gasteiger charge is 2.17. The van der Waals surface area contributed by atoms with Crippen LogP contribution < -0.4 is 5.32 Å². The molecule has 1 unspecified atom stereocenters. The molecule has 4 nitrogen and oxygen atoms in total. The number of anilines is 1. The number of nitrogens with zero attached hydrogens (tertiary/aromatic N) is 1. The summed E-state index contributed by atoms with van der Waals surface area (Å²) < 4.78 is 0. The van der Waals surface area contributed by atoms with E-state index in [1.807, 2.05) is 26.2 Å². The summed E-state index contributed by atoms with van der Waals surface area (Å²) >= 11 is 1.51. The van der Waals surface area contributed by atoms with E-state index in [0.717, 1.165) is 10.8 Å². The van der Waals surface area contributed by atoms with Gasteiger partial charge in [0.15, 0.2) is 5.13 Å². The molecule has 5 heteroatoms. The van der Waals surface area contributed by atoms with Crippen molar-refractivity contribution in [2.45, 2.75) is 33.2 Å². The van der Waals surface area contributed by atoms with Crippen molar-refractivity contribution in [2.24, 2.45) is 5.92 Å². The van der Waals surface area contributed by atoms with Crippen molar-refractivity contribution >= 4 is 22.4 Å². The molecule has 0 fully saturated rings. The molecule has 0 bridgehead atoms. The van der Waals surface area contributed by atoms with E-state index in [9.17, 15) is 4.79 Å². The number of aryl methyl sites for hydroxylation is 1. The van der Waals surface area contributed by atoms with E-state index in [1.165, 1.54) is 11.3 Å². The first-order valence-electron chi connectivity index (χ1n) is 4.89. The lowest BCUT2D eigenvalue weighted by Gasteiger charge is -2.19. The highest BCUT2D eigenvalue weighted by atomic mass is 32.1. The summed E-state index contributed by atoms with van der Waals surface area (Å²) in [4.78, 5) is 14.9. The Morgan fingerprint density at radius 2 is 2.33 bits per heavy atom. The van der Waals surface area contributed by atoms with Gasteiger partial charge in [0.1, 0.15) is 0 Å². The first-order chi connectivity index (χ1) is 6.99. The summed E-state index contributed by atoms with van der Waals surface area (Å²) in [5.74, 6) is -0.514. The Hall–Kier alpha value is -1.10. The predicted octanol–water partition coefficient (Wildman–Crippen LogP) is 2.36. The number of thiazole rings is 1. The Bertz CT molecular complexity index is 336. The van der Waals surface area contributed by atoms with Gasteiger partial charge < -0.3 is 10.4 Å². The van der Waals surface area contributed by atoms with Gasteiger partial charge in [-0.25, -0.2) is 4.98 Å². The minimum atomic E-state index is -0.783.